The highest BCUT2D eigenvalue weighted by Gasteiger charge is 2.20. The minimum Gasteiger partial charge on any atom is -0.387 e. The Bertz CT molecular complexity index is 643. The van der Waals surface area contributed by atoms with Gasteiger partial charge in [-0.3, -0.25) is 4.79 Å². The molecule has 122 valence electrons. The first-order chi connectivity index (χ1) is 11.0. The van der Waals surface area contributed by atoms with Crippen LogP contribution in [0.25, 0.3) is 0 Å². The third-order valence-electron chi connectivity index (χ3n) is 4.77. The van der Waals surface area contributed by atoms with Gasteiger partial charge in [-0.2, -0.15) is 5.26 Å². The summed E-state index contributed by atoms with van der Waals surface area (Å²) < 4.78 is 0. The fourth-order valence-corrected chi connectivity index (χ4v) is 2.98. The molecule has 0 radical (unpaired) electrons. The zero-order valence-corrected chi connectivity index (χ0v) is 14.1. The molecule has 1 aliphatic rings. The lowest BCUT2D eigenvalue weighted by Crippen LogP contribution is -2.34. The molecule has 2 unspecified atom stereocenters. The van der Waals surface area contributed by atoms with E-state index in [2.05, 4.69) is 17.6 Å². The fraction of sp³-hybridized carbons (Fsp3) is 0.474. The third-order valence-corrected chi connectivity index (χ3v) is 4.77. The Morgan fingerprint density at radius 1 is 1.30 bits per heavy atom. The Balaban J connectivity index is 2.05. The summed E-state index contributed by atoms with van der Waals surface area (Å²) in [5.41, 5.74) is 3.00. The number of amides is 1. The van der Waals surface area contributed by atoms with Crippen LogP contribution in [0.5, 0.6) is 0 Å². The Morgan fingerprint density at radius 2 is 2.04 bits per heavy atom. The SMILES string of the molecule is Cc1cccc(NC(=O)/C(C#N)=C\NC2CCCCC2C)c1C. The average Bonchev–Trinajstić information content (AvgIpc) is 2.54. The van der Waals surface area contributed by atoms with Gasteiger partial charge in [-0.25, -0.2) is 0 Å². The first-order valence-electron chi connectivity index (χ1n) is 8.26. The van der Waals surface area contributed by atoms with Gasteiger partial charge in [0.15, 0.2) is 0 Å². The molecular weight excluding hydrogens is 286 g/mol. The monoisotopic (exact) mass is 311 g/mol. The summed E-state index contributed by atoms with van der Waals surface area (Å²) in [5, 5.41) is 15.4. The Labute approximate surface area is 138 Å². The molecule has 1 aromatic rings. The minimum atomic E-state index is -0.364. The van der Waals surface area contributed by atoms with Gasteiger partial charge in [0.25, 0.3) is 5.91 Å². The van der Waals surface area contributed by atoms with E-state index in [9.17, 15) is 10.1 Å². The van der Waals surface area contributed by atoms with Crippen LogP contribution in [0.3, 0.4) is 0 Å². The molecule has 0 aromatic heterocycles. The molecule has 1 saturated carbocycles. The molecule has 0 aliphatic heterocycles. The number of rotatable bonds is 4. The van der Waals surface area contributed by atoms with Crippen LogP contribution >= 0.6 is 0 Å². The van der Waals surface area contributed by atoms with E-state index in [1.807, 2.05) is 38.1 Å². The van der Waals surface area contributed by atoms with Crippen molar-refractivity contribution in [3.8, 4) is 6.07 Å². The molecule has 1 amide bonds. The standard InChI is InChI=1S/C19H25N3O/c1-13-8-6-10-18(15(13)3)22-19(23)16(11-20)12-21-17-9-5-4-7-14(17)2/h6,8,10,12,14,17,21H,4-5,7,9H2,1-3H3,(H,22,23)/b16-12-. The van der Waals surface area contributed by atoms with Gasteiger partial charge in [-0.15, -0.1) is 0 Å². The van der Waals surface area contributed by atoms with E-state index in [0.717, 1.165) is 23.2 Å². The fourth-order valence-electron chi connectivity index (χ4n) is 2.98. The van der Waals surface area contributed by atoms with Crippen molar-refractivity contribution < 1.29 is 4.79 Å². The van der Waals surface area contributed by atoms with Crippen molar-refractivity contribution in [1.29, 1.82) is 5.26 Å². The van der Waals surface area contributed by atoms with Gasteiger partial charge in [0.1, 0.15) is 11.6 Å². The van der Waals surface area contributed by atoms with Gasteiger partial charge in [0, 0.05) is 17.9 Å². The molecule has 1 aromatic carbocycles. The lowest BCUT2D eigenvalue weighted by Gasteiger charge is -2.29. The first-order valence-corrected chi connectivity index (χ1v) is 8.26. The van der Waals surface area contributed by atoms with E-state index < -0.39 is 0 Å². The van der Waals surface area contributed by atoms with Gasteiger partial charge in [-0.1, -0.05) is 31.9 Å². The topological polar surface area (TPSA) is 64.9 Å². The summed E-state index contributed by atoms with van der Waals surface area (Å²) in [7, 11) is 0. The van der Waals surface area contributed by atoms with E-state index in [1.165, 1.54) is 19.3 Å². The van der Waals surface area contributed by atoms with Crippen LogP contribution in [0.15, 0.2) is 30.0 Å². The molecule has 0 heterocycles. The van der Waals surface area contributed by atoms with Crippen LogP contribution in [-0.2, 0) is 4.79 Å². The molecule has 4 heteroatoms. The maximum Gasteiger partial charge on any atom is 0.267 e. The zero-order valence-electron chi connectivity index (χ0n) is 14.1. The van der Waals surface area contributed by atoms with Crippen molar-refractivity contribution >= 4 is 11.6 Å². The second-order valence-corrected chi connectivity index (χ2v) is 6.41. The van der Waals surface area contributed by atoms with Crippen molar-refractivity contribution in [2.75, 3.05) is 5.32 Å². The summed E-state index contributed by atoms with van der Waals surface area (Å²) in [4.78, 5) is 12.3. The second-order valence-electron chi connectivity index (χ2n) is 6.41. The highest BCUT2D eigenvalue weighted by Crippen LogP contribution is 2.24. The molecule has 0 saturated heterocycles. The van der Waals surface area contributed by atoms with E-state index in [4.69, 9.17) is 0 Å². The number of aryl methyl sites for hydroxylation is 1. The summed E-state index contributed by atoms with van der Waals surface area (Å²) in [6, 6.07) is 8.09. The first kappa shape index (κ1) is 17.1. The lowest BCUT2D eigenvalue weighted by molar-refractivity contribution is -0.112. The van der Waals surface area contributed by atoms with Gasteiger partial charge < -0.3 is 10.6 Å². The van der Waals surface area contributed by atoms with E-state index >= 15 is 0 Å². The Morgan fingerprint density at radius 3 is 2.74 bits per heavy atom. The maximum atomic E-state index is 12.3. The largest absolute Gasteiger partial charge is 0.387 e. The zero-order chi connectivity index (χ0) is 16.8. The lowest BCUT2D eigenvalue weighted by atomic mass is 9.86. The minimum absolute atomic E-state index is 0.115. The third kappa shape index (κ3) is 4.35. The average molecular weight is 311 g/mol. The number of nitrogens with one attached hydrogen (secondary N) is 2. The summed E-state index contributed by atoms with van der Waals surface area (Å²) in [5.74, 6) is 0.208. The number of hydrogen-bond donors (Lipinski definition) is 2. The van der Waals surface area contributed by atoms with Crippen molar-refractivity contribution in [3.05, 3.63) is 41.1 Å². The maximum absolute atomic E-state index is 12.3. The predicted octanol–water partition coefficient (Wildman–Crippen LogP) is 3.82. The van der Waals surface area contributed by atoms with Gasteiger partial charge in [0.05, 0.1) is 0 Å². The van der Waals surface area contributed by atoms with Crippen LogP contribution < -0.4 is 10.6 Å². The van der Waals surface area contributed by atoms with E-state index in [0.29, 0.717) is 12.0 Å². The normalized spacial score (nSPS) is 21.4. The Hall–Kier alpha value is -2.28. The predicted molar refractivity (Wildman–Crippen MR) is 92.8 cm³/mol. The van der Waals surface area contributed by atoms with Gasteiger partial charge in [-0.05, 0) is 49.8 Å². The molecule has 1 aliphatic carbocycles. The summed E-state index contributed by atoms with van der Waals surface area (Å²) >= 11 is 0. The number of nitriles is 1. The van der Waals surface area contributed by atoms with Gasteiger partial charge in [0.2, 0.25) is 0 Å². The molecule has 4 nitrogen and oxygen atoms in total. The van der Waals surface area contributed by atoms with Crippen LogP contribution in [0.1, 0.15) is 43.7 Å². The molecule has 2 rings (SSSR count). The van der Waals surface area contributed by atoms with Crippen LogP contribution in [-0.4, -0.2) is 11.9 Å². The van der Waals surface area contributed by atoms with E-state index in [1.54, 1.807) is 6.20 Å². The molecule has 2 N–H and O–H groups in total. The summed E-state index contributed by atoms with van der Waals surface area (Å²) in [6.45, 7) is 6.17. The number of carbonyl (C=O) groups excluding carboxylic acids is 1. The smallest absolute Gasteiger partial charge is 0.267 e. The highest BCUT2D eigenvalue weighted by molar-refractivity contribution is 6.06. The van der Waals surface area contributed by atoms with Crippen molar-refractivity contribution in [1.82, 2.24) is 5.32 Å². The van der Waals surface area contributed by atoms with Crippen molar-refractivity contribution in [2.45, 2.75) is 52.5 Å². The summed E-state index contributed by atoms with van der Waals surface area (Å²) in [6.07, 6.45) is 6.33. The van der Waals surface area contributed by atoms with E-state index in [-0.39, 0.29) is 11.5 Å². The molecule has 2 atom stereocenters. The van der Waals surface area contributed by atoms with Crippen molar-refractivity contribution in [3.63, 3.8) is 0 Å². The number of hydrogen-bond acceptors (Lipinski definition) is 3. The van der Waals surface area contributed by atoms with Crippen LogP contribution in [0.4, 0.5) is 5.69 Å². The quantitative estimate of drug-likeness (QED) is 0.656. The number of anilines is 1. The Kier molecular flexibility index (Phi) is 5.81. The number of nitrogens with zero attached hydrogens (tertiary/aromatic N) is 1. The molecule has 0 spiro atoms. The second kappa shape index (κ2) is 7.82. The highest BCUT2D eigenvalue weighted by atomic mass is 16.1. The molecule has 23 heavy (non-hydrogen) atoms. The van der Waals surface area contributed by atoms with Crippen molar-refractivity contribution in [2.24, 2.45) is 5.92 Å². The number of benzene rings is 1. The number of carbonyl (C=O) groups is 1. The molecular formula is C19H25N3O. The molecule has 0 bridgehead atoms. The molecule has 1 fully saturated rings. The van der Waals surface area contributed by atoms with Crippen LogP contribution in [0, 0.1) is 31.1 Å². The van der Waals surface area contributed by atoms with Crippen LogP contribution in [0.2, 0.25) is 0 Å². The van der Waals surface area contributed by atoms with Gasteiger partial charge >= 0.3 is 0 Å².